The second-order valence-corrected chi connectivity index (χ2v) is 6.52. The molecule has 0 saturated carbocycles. The third-order valence-corrected chi connectivity index (χ3v) is 4.77. The van der Waals surface area contributed by atoms with Crippen LogP contribution in [0.15, 0.2) is 24.3 Å². The SMILES string of the molecule is CCCN(CCC)C(=O)c1cccc(C(=O)NC(CC)(CC)CN)c1.Cl. The van der Waals surface area contributed by atoms with E-state index in [-0.39, 0.29) is 24.2 Å². The Bertz CT molecular complexity index is 560. The molecular weight excluding hydrogens is 350 g/mol. The van der Waals surface area contributed by atoms with Crippen molar-refractivity contribution in [2.24, 2.45) is 5.73 Å². The number of nitrogens with two attached hydrogens (primary N) is 1. The lowest BCUT2D eigenvalue weighted by molar-refractivity contribution is 0.0755. The Morgan fingerprint density at radius 3 is 2.04 bits per heavy atom. The second-order valence-electron chi connectivity index (χ2n) is 6.52. The van der Waals surface area contributed by atoms with Gasteiger partial charge in [0.25, 0.3) is 11.8 Å². The highest BCUT2D eigenvalue weighted by Gasteiger charge is 2.27. The van der Waals surface area contributed by atoms with Crippen molar-refractivity contribution in [3.63, 3.8) is 0 Å². The molecule has 5 nitrogen and oxygen atoms in total. The summed E-state index contributed by atoms with van der Waals surface area (Å²) in [5.41, 5.74) is 6.52. The molecule has 0 aliphatic heterocycles. The largest absolute Gasteiger partial charge is 0.345 e. The van der Waals surface area contributed by atoms with E-state index in [0.29, 0.717) is 17.7 Å². The molecular formula is C20H34ClN3O2. The van der Waals surface area contributed by atoms with Gasteiger partial charge in [0.1, 0.15) is 0 Å². The molecule has 0 fully saturated rings. The van der Waals surface area contributed by atoms with E-state index < -0.39 is 5.54 Å². The first-order chi connectivity index (χ1) is 12.0. The smallest absolute Gasteiger partial charge is 0.253 e. The Morgan fingerprint density at radius 1 is 1.04 bits per heavy atom. The van der Waals surface area contributed by atoms with Crippen molar-refractivity contribution < 1.29 is 9.59 Å². The molecule has 0 unspecified atom stereocenters. The maximum absolute atomic E-state index is 12.7. The summed E-state index contributed by atoms with van der Waals surface area (Å²) >= 11 is 0. The van der Waals surface area contributed by atoms with Crippen molar-refractivity contribution in [3.8, 4) is 0 Å². The third kappa shape index (κ3) is 6.29. The van der Waals surface area contributed by atoms with Crippen LogP contribution in [0.5, 0.6) is 0 Å². The summed E-state index contributed by atoms with van der Waals surface area (Å²) in [6.07, 6.45) is 3.37. The van der Waals surface area contributed by atoms with Gasteiger partial charge in [0.05, 0.1) is 5.54 Å². The number of nitrogens with one attached hydrogen (secondary N) is 1. The molecule has 1 rings (SSSR count). The zero-order chi connectivity index (χ0) is 18.9. The van der Waals surface area contributed by atoms with Gasteiger partial charge in [-0.05, 0) is 43.9 Å². The van der Waals surface area contributed by atoms with E-state index in [1.54, 1.807) is 24.3 Å². The third-order valence-electron chi connectivity index (χ3n) is 4.77. The van der Waals surface area contributed by atoms with Crippen LogP contribution in [-0.4, -0.2) is 41.9 Å². The Balaban J connectivity index is 0.00000625. The second kappa shape index (κ2) is 11.9. The van der Waals surface area contributed by atoms with E-state index in [1.165, 1.54) is 0 Å². The number of amides is 2. The van der Waals surface area contributed by atoms with Gasteiger partial charge in [-0.1, -0.05) is 33.8 Å². The van der Waals surface area contributed by atoms with Crippen LogP contribution in [-0.2, 0) is 0 Å². The maximum atomic E-state index is 12.7. The van der Waals surface area contributed by atoms with Crippen molar-refractivity contribution in [2.45, 2.75) is 58.9 Å². The Kier molecular flexibility index (Phi) is 11.2. The standard InChI is InChI=1S/C20H33N3O2.ClH/c1-5-12-23(13-6-2)19(25)17-11-9-10-16(14-17)18(24)22-20(7-3,8-4)15-21;/h9-11,14H,5-8,12-13,15,21H2,1-4H3,(H,22,24);1H. The van der Waals surface area contributed by atoms with Crippen molar-refractivity contribution in [2.75, 3.05) is 19.6 Å². The predicted molar refractivity (Wildman–Crippen MR) is 110 cm³/mol. The van der Waals surface area contributed by atoms with Crippen LogP contribution in [0.2, 0.25) is 0 Å². The molecule has 148 valence electrons. The van der Waals surface area contributed by atoms with E-state index in [4.69, 9.17) is 5.73 Å². The van der Waals surface area contributed by atoms with Gasteiger partial charge in [0.15, 0.2) is 0 Å². The molecule has 0 aliphatic carbocycles. The van der Waals surface area contributed by atoms with E-state index in [9.17, 15) is 9.59 Å². The summed E-state index contributed by atoms with van der Waals surface area (Å²) in [6.45, 7) is 10.00. The van der Waals surface area contributed by atoms with E-state index >= 15 is 0 Å². The molecule has 3 N–H and O–H groups in total. The summed E-state index contributed by atoms with van der Waals surface area (Å²) in [7, 11) is 0. The van der Waals surface area contributed by atoms with E-state index in [2.05, 4.69) is 19.2 Å². The zero-order valence-corrected chi connectivity index (χ0v) is 17.3. The van der Waals surface area contributed by atoms with Crippen molar-refractivity contribution in [1.29, 1.82) is 0 Å². The van der Waals surface area contributed by atoms with Crippen LogP contribution >= 0.6 is 12.4 Å². The first kappa shape index (κ1) is 24.4. The summed E-state index contributed by atoms with van der Waals surface area (Å²) in [4.78, 5) is 27.2. The van der Waals surface area contributed by atoms with Gasteiger partial charge >= 0.3 is 0 Å². The first-order valence-corrected chi connectivity index (χ1v) is 9.38. The fourth-order valence-electron chi connectivity index (χ4n) is 2.91. The molecule has 0 atom stereocenters. The fourth-order valence-corrected chi connectivity index (χ4v) is 2.91. The first-order valence-electron chi connectivity index (χ1n) is 9.38. The molecule has 2 amide bonds. The van der Waals surface area contributed by atoms with E-state index in [0.717, 1.165) is 38.8 Å². The number of halogens is 1. The van der Waals surface area contributed by atoms with Gasteiger partial charge in [-0.25, -0.2) is 0 Å². The predicted octanol–water partition coefficient (Wildman–Crippen LogP) is 3.62. The zero-order valence-electron chi connectivity index (χ0n) is 16.5. The minimum absolute atomic E-state index is 0. The molecule has 0 bridgehead atoms. The van der Waals surface area contributed by atoms with Crippen LogP contribution in [0.25, 0.3) is 0 Å². The van der Waals surface area contributed by atoms with Crippen molar-refractivity contribution in [3.05, 3.63) is 35.4 Å². The molecule has 26 heavy (non-hydrogen) atoms. The Morgan fingerprint density at radius 2 is 1.58 bits per heavy atom. The minimum Gasteiger partial charge on any atom is -0.345 e. The number of rotatable bonds is 10. The van der Waals surface area contributed by atoms with Gasteiger partial charge in [0.2, 0.25) is 0 Å². The van der Waals surface area contributed by atoms with Gasteiger partial charge in [0, 0.05) is 30.8 Å². The molecule has 0 radical (unpaired) electrons. The minimum atomic E-state index is -0.395. The average molecular weight is 384 g/mol. The van der Waals surface area contributed by atoms with Crippen LogP contribution in [0.3, 0.4) is 0 Å². The number of hydrogen-bond acceptors (Lipinski definition) is 3. The van der Waals surface area contributed by atoms with Crippen LogP contribution < -0.4 is 11.1 Å². The summed E-state index contributed by atoms with van der Waals surface area (Å²) in [5.74, 6) is -0.198. The molecule has 0 heterocycles. The van der Waals surface area contributed by atoms with Gasteiger partial charge in [-0.15, -0.1) is 12.4 Å². The number of carbonyl (C=O) groups excluding carboxylic acids is 2. The van der Waals surface area contributed by atoms with Crippen LogP contribution in [0.4, 0.5) is 0 Å². The summed E-state index contributed by atoms with van der Waals surface area (Å²) < 4.78 is 0. The maximum Gasteiger partial charge on any atom is 0.253 e. The van der Waals surface area contributed by atoms with Gasteiger partial charge in [-0.2, -0.15) is 0 Å². The summed E-state index contributed by atoms with van der Waals surface area (Å²) in [5, 5.41) is 3.05. The highest BCUT2D eigenvalue weighted by molar-refractivity contribution is 6.00. The number of carbonyl (C=O) groups is 2. The Labute approximate surface area is 164 Å². The lowest BCUT2D eigenvalue weighted by Crippen LogP contribution is -2.52. The van der Waals surface area contributed by atoms with Gasteiger partial charge < -0.3 is 16.0 Å². The average Bonchev–Trinajstić information content (AvgIpc) is 2.65. The molecule has 0 saturated heterocycles. The lowest BCUT2D eigenvalue weighted by Gasteiger charge is -2.31. The quantitative estimate of drug-likeness (QED) is 0.647. The van der Waals surface area contributed by atoms with Crippen LogP contribution in [0, 0.1) is 0 Å². The molecule has 1 aromatic carbocycles. The highest BCUT2D eigenvalue weighted by atomic mass is 35.5. The summed E-state index contributed by atoms with van der Waals surface area (Å²) in [6, 6.07) is 6.96. The fraction of sp³-hybridized carbons (Fsp3) is 0.600. The lowest BCUT2D eigenvalue weighted by atomic mass is 9.92. The van der Waals surface area contributed by atoms with Crippen molar-refractivity contribution >= 4 is 24.2 Å². The Hall–Kier alpha value is -1.59. The van der Waals surface area contributed by atoms with Gasteiger partial charge in [-0.3, -0.25) is 9.59 Å². The van der Waals surface area contributed by atoms with E-state index in [1.807, 2.05) is 18.7 Å². The topological polar surface area (TPSA) is 75.4 Å². The number of benzene rings is 1. The number of hydrogen-bond donors (Lipinski definition) is 2. The molecule has 1 aromatic rings. The van der Waals surface area contributed by atoms with Crippen molar-refractivity contribution in [1.82, 2.24) is 10.2 Å². The molecule has 0 spiro atoms. The number of nitrogens with zero attached hydrogens (tertiary/aromatic N) is 1. The molecule has 6 heteroatoms. The monoisotopic (exact) mass is 383 g/mol. The molecule has 0 aliphatic rings. The molecule has 0 aromatic heterocycles. The normalized spacial score (nSPS) is 10.8. The van der Waals surface area contributed by atoms with Crippen LogP contribution in [0.1, 0.15) is 74.1 Å². The highest BCUT2D eigenvalue weighted by Crippen LogP contribution is 2.16.